The third-order valence-electron chi connectivity index (χ3n) is 14.0. The molecule has 0 bridgehead atoms. The number of anilines is 6. The van der Waals surface area contributed by atoms with Gasteiger partial charge >= 0.3 is 12.1 Å². The first-order valence-corrected chi connectivity index (χ1v) is 26.4. The van der Waals surface area contributed by atoms with Crippen molar-refractivity contribution in [2.45, 2.75) is 39.0 Å². The van der Waals surface area contributed by atoms with Crippen LogP contribution in [-0.2, 0) is 23.1 Å². The normalized spacial score (nSPS) is 11.3. The van der Waals surface area contributed by atoms with E-state index >= 15 is 0 Å². The minimum absolute atomic E-state index is 0.344. The average molecular weight is 1040 g/mol. The summed E-state index contributed by atoms with van der Waals surface area (Å²) in [6, 6.07) is 88.0. The molecule has 0 aliphatic rings. The summed E-state index contributed by atoms with van der Waals surface area (Å²) >= 11 is 0. The van der Waals surface area contributed by atoms with Gasteiger partial charge in [0, 0.05) is 46.5 Å². The smallest absolute Gasteiger partial charge is 0.497 e. The highest BCUT2D eigenvalue weighted by molar-refractivity contribution is 5.92. The van der Waals surface area contributed by atoms with Gasteiger partial charge in [0.2, 0.25) is 0 Å². The molecule has 0 heterocycles. The molecular weight excluding hydrogens is 977 g/mol. The first-order valence-electron chi connectivity index (χ1n) is 26.4. The van der Waals surface area contributed by atoms with Crippen molar-refractivity contribution in [3.05, 3.63) is 300 Å². The summed E-state index contributed by atoms with van der Waals surface area (Å²) in [6.07, 6.45) is 3.16. The van der Waals surface area contributed by atoms with E-state index in [1.165, 1.54) is 18.1 Å². The van der Waals surface area contributed by atoms with Gasteiger partial charge in [-0.2, -0.15) is 0 Å². The predicted molar refractivity (Wildman–Crippen MR) is 319 cm³/mol. The summed E-state index contributed by atoms with van der Waals surface area (Å²) in [5.41, 5.74) is 14.7. The van der Waals surface area contributed by atoms with Gasteiger partial charge in [0.25, 0.3) is 0 Å². The fourth-order valence-electron chi connectivity index (χ4n) is 9.66. The zero-order valence-electron chi connectivity index (χ0n) is 44.7. The van der Waals surface area contributed by atoms with Crippen molar-refractivity contribution in [3.63, 3.8) is 0 Å². The molecule has 0 saturated heterocycles. The van der Waals surface area contributed by atoms with Crippen molar-refractivity contribution in [1.29, 1.82) is 0 Å². The number of hydrogen-bond donors (Lipinski definition) is 0. The molecule has 0 aromatic heterocycles. The third kappa shape index (κ3) is 13.0. The first-order chi connectivity index (χ1) is 38.6. The average Bonchev–Trinajstić information content (AvgIpc) is 3.49. The van der Waals surface area contributed by atoms with E-state index in [1.54, 1.807) is 43.5 Å². The Balaban J connectivity index is 0.818. The standard InChI is InChI=1S/C71H60N2O6/c1-51(74)77-66-46-32-57(33-47-66)71(2,3)58-34-48-68(49-35-58)79-70(75)78-67-44-30-56(31-45-67)69(55-28-42-65(76-4)43-29-55)50-54-26-40-64(41-27-54)73(61-18-12-7-13-19-61)63-38-24-53(25-39-63)21-20-52-22-36-62(37-23-52)72(59-14-8-5-9-15-59)60-16-10-6-11-17-60/h5-19,22-50H,20-21H2,1-4H3/b69-50+. The zero-order valence-corrected chi connectivity index (χ0v) is 44.7. The van der Waals surface area contributed by atoms with Gasteiger partial charge in [0.1, 0.15) is 23.0 Å². The molecule has 0 spiro atoms. The second kappa shape index (κ2) is 24.4. The molecule has 0 fully saturated rings. The number of hydrogen-bond acceptors (Lipinski definition) is 8. The molecule has 10 aromatic carbocycles. The number of ether oxygens (including phenoxy) is 4. The fourth-order valence-corrected chi connectivity index (χ4v) is 9.66. The Bertz CT molecular complexity index is 3580. The summed E-state index contributed by atoms with van der Waals surface area (Å²) in [5.74, 6) is 1.58. The van der Waals surface area contributed by atoms with Crippen LogP contribution in [0.15, 0.2) is 261 Å². The highest BCUT2D eigenvalue weighted by Crippen LogP contribution is 2.38. The van der Waals surface area contributed by atoms with Crippen LogP contribution in [0.5, 0.6) is 23.0 Å². The number of benzene rings is 10. The molecule has 0 unspecified atom stereocenters. The second-order valence-corrected chi connectivity index (χ2v) is 19.6. The molecule has 0 radical (unpaired) electrons. The lowest BCUT2D eigenvalue weighted by molar-refractivity contribution is -0.131. The SMILES string of the molecule is COc1ccc(/C(=C\c2ccc(N(c3ccccc3)c3ccc(CCc4ccc(N(c5ccccc5)c5ccccc5)cc4)cc3)cc2)c2ccc(OC(=O)Oc3ccc(C(C)(C)c4ccc(OC(C)=O)cc4)cc3)cc2)cc1. The minimum Gasteiger partial charge on any atom is -0.497 e. The zero-order chi connectivity index (χ0) is 54.6. The Morgan fingerprint density at radius 3 is 1.09 bits per heavy atom. The number of rotatable bonds is 18. The Kier molecular flexibility index (Phi) is 16.2. The summed E-state index contributed by atoms with van der Waals surface area (Å²) in [4.78, 5) is 29.0. The molecule has 0 saturated carbocycles. The van der Waals surface area contributed by atoms with Crippen LogP contribution in [0, 0.1) is 0 Å². The molecule has 8 nitrogen and oxygen atoms in total. The number of esters is 1. The van der Waals surface area contributed by atoms with Crippen LogP contribution < -0.4 is 28.7 Å². The molecule has 8 heteroatoms. The fraction of sp³-hybridized carbons (Fsp3) is 0.0986. The maximum absolute atomic E-state index is 13.1. The minimum atomic E-state index is -0.847. The monoisotopic (exact) mass is 1040 g/mol. The number of carbonyl (C=O) groups excluding carboxylic acids is 2. The lowest BCUT2D eigenvalue weighted by Crippen LogP contribution is -2.19. The van der Waals surface area contributed by atoms with Crippen molar-refractivity contribution in [3.8, 4) is 23.0 Å². The van der Waals surface area contributed by atoms with Crippen LogP contribution in [0.3, 0.4) is 0 Å². The molecule has 10 rings (SSSR count). The van der Waals surface area contributed by atoms with E-state index in [-0.39, 0.29) is 11.4 Å². The summed E-state index contributed by atoms with van der Waals surface area (Å²) in [5, 5.41) is 0. The summed E-state index contributed by atoms with van der Waals surface area (Å²) in [7, 11) is 1.66. The Labute approximate surface area is 463 Å². The lowest BCUT2D eigenvalue weighted by Gasteiger charge is -2.26. The molecule has 0 aliphatic heterocycles. The highest BCUT2D eigenvalue weighted by atomic mass is 16.7. The van der Waals surface area contributed by atoms with Crippen LogP contribution in [0.25, 0.3) is 11.6 Å². The maximum atomic E-state index is 13.1. The van der Waals surface area contributed by atoms with Crippen molar-refractivity contribution in [1.82, 2.24) is 0 Å². The van der Waals surface area contributed by atoms with E-state index in [4.69, 9.17) is 18.9 Å². The van der Waals surface area contributed by atoms with Crippen molar-refractivity contribution in [2.24, 2.45) is 0 Å². The third-order valence-corrected chi connectivity index (χ3v) is 14.0. The van der Waals surface area contributed by atoms with E-state index < -0.39 is 6.16 Å². The van der Waals surface area contributed by atoms with Gasteiger partial charge in [-0.05, 0) is 185 Å². The number of methoxy groups -OCH3 is 1. The van der Waals surface area contributed by atoms with Crippen molar-refractivity contribution >= 4 is 57.9 Å². The van der Waals surface area contributed by atoms with Gasteiger partial charge < -0.3 is 28.7 Å². The van der Waals surface area contributed by atoms with Crippen molar-refractivity contribution in [2.75, 3.05) is 16.9 Å². The van der Waals surface area contributed by atoms with Crippen molar-refractivity contribution < 1.29 is 28.5 Å². The van der Waals surface area contributed by atoms with Gasteiger partial charge in [-0.3, -0.25) is 4.79 Å². The molecule has 0 amide bonds. The van der Waals surface area contributed by atoms with E-state index in [0.29, 0.717) is 17.2 Å². The molecule has 79 heavy (non-hydrogen) atoms. The maximum Gasteiger partial charge on any atom is 0.519 e. The van der Waals surface area contributed by atoms with Gasteiger partial charge in [0.05, 0.1) is 7.11 Å². The molecule has 390 valence electrons. The van der Waals surface area contributed by atoms with Gasteiger partial charge in [-0.25, -0.2) is 4.79 Å². The van der Waals surface area contributed by atoms with Crippen LogP contribution in [-0.4, -0.2) is 19.2 Å². The number of carbonyl (C=O) groups is 2. The largest absolute Gasteiger partial charge is 0.519 e. The number of para-hydroxylation sites is 3. The van der Waals surface area contributed by atoms with Crippen LogP contribution in [0.2, 0.25) is 0 Å². The Morgan fingerprint density at radius 1 is 0.392 bits per heavy atom. The van der Waals surface area contributed by atoms with E-state index in [9.17, 15) is 9.59 Å². The molecule has 10 aromatic rings. The van der Waals surface area contributed by atoms with E-state index in [1.807, 2.05) is 78.9 Å². The Morgan fingerprint density at radius 2 is 0.722 bits per heavy atom. The van der Waals surface area contributed by atoms with E-state index in [2.05, 4.69) is 175 Å². The number of nitrogens with zero attached hydrogens (tertiary/aromatic N) is 2. The predicted octanol–water partition coefficient (Wildman–Crippen LogP) is 17.8. The quantitative estimate of drug-likeness (QED) is 0.0364. The van der Waals surface area contributed by atoms with Gasteiger partial charge in [0.15, 0.2) is 0 Å². The summed E-state index contributed by atoms with van der Waals surface area (Å²) < 4.78 is 22.0. The van der Waals surface area contributed by atoms with Gasteiger partial charge in [-0.15, -0.1) is 0 Å². The molecule has 0 aliphatic carbocycles. The molecule has 0 N–H and O–H groups in total. The van der Waals surface area contributed by atoms with Crippen LogP contribution in [0.4, 0.5) is 38.9 Å². The molecule has 0 atom stereocenters. The topological polar surface area (TPSA) is 77.5 Å². The highest BCUT2D eigenvalue weighted by Gasteiger charge is 2.24. The second-order valence-electron chi connectivity index (χ2n) is 19.6. The van der Waals surface area contributed by atoms with Crippen LogP contribution >= 0.6 is 0 Å². The Hall–Kier alpha value is -9.92. The van der Waals surface area contributed by atoms with E-state index in [0.717, 1.165) is 86.1 Å². The van der Waals surface area contributed by atoms with Gasteiger partial charge in [-0.1, -0.05) is 153 Å². The van der Waals surface area contributed by atoms with Crippen LogP contribution in [0.1, 0.15) is 59.7 Å². The molecular formula is C71H60N2O6. The summed E-state index contributed by atoms with van der Waals surface area (Å²) in [6.45, 7) is 5.58. The lowest BCUT2D eigenvalue weighted by atomic mass is 9.78. The number of aryl methyl sites for hydroxylation is 2. The first kappa shape index (κ1) is 52.5.